The molecule has 2 rings (SSSR count). The molecule has 0 radical (unpaired) electrons. The molecule has 0 aromatic heterocycles. The molecule has 4 atom stereocenters. The van der Waals surface area contributed by atoms with Crippen LogP contribution >= 0.6 is 0 Å². The van der Waals surface area contributed by atoms with E-state index in [1.165, 1.54) is 0 Å². The fraction of sp³-hybridized carbons (Fsp3) is 0.667. The van der Waals surface area contributed by atoms with Crippen LogP contribution in [0, 0.1) is 24.2 Å². The lowest BCUT2D eigenvalue weighted by molar-refractivity contribution is -0.137. The lowest BCUT2D eigenvalue weighted by Crippen LogP contribution is -2.39. The first-order valence-electron chi connectivity index (χ1n) is 10.0. The lowest BCUT2D eigenvalue weighted by Gasteiger charge is -2.27. The van der Waals surface area contributed by atoms with Gasteiger partial charge in [-0.3, -0.25) is 14.4 Å². The van der Waals surface area contributed by atoms with Crippen molar-refractivity contribution in [3.8, 4) is 12.3 Å². The monoisotopic (exact) mass is 390 g/mol. The number of fused-ring (bicyclic) bond motifs is 2. The van der Waals surface area contributed by atoms with Gasteiger partial charge < -0.3 is 20.5 Å². The number of allylic oxidation sites excluding steroid dienone is 2. The Hall–Kier alpha value is -2.33. The van der Waals surface area contributed by atoms with Crippen molar-refractivity contribution >= 4 is 17.8 Å². The molecule has 0 aliphatic carbocycles. The van der Waals surface area contributed by atoms with Gasteiger partial charge in [0, 0.05) is 31.8 Å². The number of nitrogens with one attached hydrogen (secondary N) is 2. The maximum Gasteiger partial charge on any atom is 0.303 e. The van der Waals surface area contributed by atoms with Gasteiger partial charge >= 0.3 is 5.97 Å². The molecule has 2 fully saturated rings. The van der Waals surface area contributed by atoms with Gasteiger partial charge in [0.25, 0.3) is 0 Å². The van der Waals surface area contributed by atoms with Crippen molar-refractivity contribution in [2.45, 2.75) is 63.6 Å². The van der Waals surface area contributed by atoms with Gasteiger partial charge in [-0.05, 0) is 38.0 Å². The smallest absolute Gasteiger partial charge is 0.303 e. The Morgan fingerprint density at radius 1 is 1.11 bits per heavy atom. The fourth-order valence-electron chi connectivity index (χ4n) is 4.00. The molecule has 2 heterocycles. The number of carboxylic acid groups (broad SMARTS) is 1. The Bertz CT molecular complexity index is 625. The predicted molar refractivity (Wildman–Crippen MR) is 104 cm³/mol. The quantitative estimate of drug-likeness (QED) is 0.203. The van der Waals surface area contributed by atoms with Gasteiger partial charge in [0.1, 0.15) is 6.42 Å². The van der Waals surface area contributed by atoms with Crippen LogP contribution in [0.25, 0.3) is 0 Å². The van der Waals surface area contributed by atoms with Gasteiger partial charge in [-0.1, -0.05) is 12.2 Å². The number of carboxylic acids is 1. The van der Waals surface area contributed by atoms with Crippen LogP contribution < -0.4 is 10.6 Å². The topological polar surface area (TPSA) is 105 Å². The van der Waals surface area contributed by atoms with E-state index in [9.17, 15) is 14.4 Å². The van der Waals surface area contributed by atoms with Crippen LogP contribution in [0.1, 0.15) is 51.4 Å². The number of ether oxygens (including phenoxy) is 1. The Balaban J connectivity index is 1.72. The molecule has 0 spiro atoms. The summed E-state index contributed by atoms with van der Waals surface area (Å²) in [5.41, 5.74) is 0. The highest BCUT2D eigenvalue weighted by molar-refractivity contribution is 5.96. The van der Waals surface area contributed by atoms with Gasteiger partial charge in [0.15, 0.2) is 0 Å². The molecule has 0 saturated carbocycles. The lowest BCUT2D eigenvalue weighted by atomic mass is 9.77. The molecule has 3 N–H and O–H groups in total. The number of terminal acetylenes is 1. The number of carbonyl (C=O) groups excluding carboxylic acids is 2. The first-order chi connectivity index (χ1) is 13.5. The maximum absolute atomic E-state index is 12.0. The van der Waals surface area contributed by atoms with Gasteiger partial charge in [0.05, 0.1) is 12.2 Å². The second kappa shape index (κ2) is 11.5. The maximum atomic E-state index is 12.0. The van der Waals surface area contributed by atoms with Crippen LogP contribution in [0.3, 0.4) is 0 Å². The second-order valence-electron chi connectivity index (χ2n) is 7.40. The van der Waals surface area contributed by atoms with Gasteiger partial charge in [-0.2, -0.15) is 0 Å². The number of unbranched alkanes of at least 4 members (excludes halogenated alkanes) is 1. The highest BCUT2D eigenvalue weighted by Crippen LogP contribution is 2.44. The van der Waals surface area contributed by atoms with Gasteiger partial charge in [-0.15, -0.1) is 12.3 Å². The minimum atomic E-state index is -0.768. The van der Waals surface area contributed by atoms with E-state index >= 15 is 0 Å². The average molecular weight is 390 g/mol. The minimum Gasteiger partial charge on any atom is -0.481 e. The van der Waals surface area contributed by atoms with E-state index in [-0.39, 0.29) is 42.8 Å². The largest absolute Gasteiger partial charge is 0.481 e. The molecule has 7 nitrogen and oxygen atoms in total. The van der Waals surface area contributed by atoms with Crippen molar-refractivity contribution in [2.75, 3.05) is 13.1 Å². The standard InChI is InChI=1S/C21H30N2O5/c1-2-3-12-22-19(24)13-20(25)23-14-16-15(17-10-11-18(16)28-17)8-6-4-5-7-9-21(26)27/h1,4,6,15-18H,3,5,7-14H2,(H,22,24)(H,23,25)(H,26,27)/t15-,16+,17-,18+/m1/s1. The molecule has 2 amide bonds. The van der Waals surface area contributed by atoms with E-state index in [2.05, 4.69) is 22.6 Å². The van der Waals surface area contributed by atoms with Crippen molar-refractivity contribution in [3.63, 3.8) is 0 Å². The van der Waals surface area contributed by atoms with Crippen LogP contribution in [-0.2, 0) is 19.1 Å². The van der Waals surface area contributed by atoms with Crippen molar-refractivity contribution < 1.29 is 24.2 Å². The zero-order chi connectivity index (χ0) is 20.4. The number of rotatable bonds is 12. The second-order valence-corrected chi connectivity index (χ2v) is 7.40. The summed E-state index contributed by atoms with van der Waals surface area (Å²) in [7, 11) is 0. The van der Waals surface area contributed by atoms with Crippen molar-refractivity contribution in [2.24, 2.45) is 11.8 Å². The van der Waals surface area contributed by atoms with Crippen LogP contribution in [0.4, 0.5) is 0 Å². The molecule has 0 aromatic rings. The molecule has 2 saturated heterocycles. The highest BCUT2D eigenvalue weighted by Gasteiger charge is 2.47. The summed E-state index contributed by atoms with van der Waals surface area (Å²) in [5, 5.41) is 14.1. The van der Waals surface area contributed by atoms with E-state index in [0.717, 1.165) is 25.7 Å². The third kappa shape index (κ3) is 7.01. The summed E-state index contributed by atoms with van der Waals surface area (Å²) in [4.78, 5) is 34.2. The Kier molecular flexibility index (Phi) is 9.02. The average Bonchev–Trinajstić information content (AvgIpc) is 3.24. The Morgan fingerprint density at radius 3 is 2.54 bits per heavy atom. The molecule has 28 heavy (non-hydrogen) atoms. The van der Waals surface area contributed by atoms with Crippen LogP contribution in [0.2, 0.25) is 0 Å². The first kappa shape index (κ1) is 22.0. The number of hydrogen-bond acceptors (Lipinski definition) is 4. The number of carbonyl (C=O) groups is 3. The first-order valence-corrected chi connectivity index (χ1v) is 10.0. The van der Waals surface area contributed by atoms with E-state index in [4.69, 9.17) is 16.3 Å². The molecule has 2 aliphatic heterocycles. The van der Waals surface area contributed by atoms with Crippen molar-refractivity contribution in [1.82, 2.24) is 10.6 Å². The van der Waals surface area contributed by atoms with E-state index < -0.39 is 5.97 Å². The summed E-state index contributed by atoms with van der Waals surface area (Å²) in [5.74, 6) is 1.65. The molecule has 7 heteroatoms. The molecule has 2 bridgehead atoms. The summed E-state index contributed by atoms with van der Waals surface area (Å²) in [6.07, 6.45) is 14.4. The van der Waals surface area contributed by atoms with Crippen LogP contribution in [0.15, 0.2) is 12.2 Å². The third-order valence-electron chi connectivity index (χ3n) is 5.37. The molecule has 2 aliphatic rings. The SMILES string of the molecule is C#CCCNC(=O)CC(=O)NC[C@H]1[C@@H](CC=CCCCC(=O)O)[C@H]2CC[C@@H]1O2. The fourth-order valence-corrected chi connectivity index (χ4v) is 4.00. The third-order valence-corrected chi connectivity index (χ3v) is 5.37. The Morgan fingerprint density at radius 2 is 1.82 bits per heavy atom. The Labute approximate surface area is 166 Å². The number of hydrogen-bond donors (Lipinski definition) is 3. The molecular formula is C21H30N2O5. The van der Waals surface area contributed by atoms with Crippen LogP contribution in [0.5, 0.6) is 0 Å². The predicted octanol–water partition coefficient (Wildman–Crippen LogP) is 1.63. The molecule has 0 unspecified atom stereocenters. The van der Waals surface area contributed by atoms with Gasteiger partial charge in [-0.25, -0.2) is 0 Å². The summed E-state index contributed by atoms with van der Waals surface area (Å²) < 4.78 is 6.03. The zero-order valence-corrected chi connectivity index (χ0v) is 16.2. The highest BCUT2D eigenvalue weighted by atomic mass is 16.5. The van der Waals surface area contributed by atoms with Crippen molar-refractivity contribution in [1.29, 1.82) is 0 Å². The van der Waals surface area contributed by atoms with E-state index in [1.54, 1.807) is 0 Å². The molecular weight excluding hydrogens is 360 g/mol. The molecule has 154 valence electrons. The van der Waals surface area contributed by atoms with E-state index in [0.29, 0.717) is 31.8 Å². The van der Waals surface area contributed by atoms with Crippen molar-refractivity contribution in [3.05, 3.63) is 12.2 Å². The summed E-state index contributed by atoms with van der Waals surface area (Å²) >= 11 is 0. The molecule has 0 aromatic carbocycles. The number of aliphatic carboxylic acids is 1. The van der Waals surface area contributed by atoms with Crippen LogP contribution in [-0.4, -0.2) is 48.2 Å². The number of amides is 2. The zero-order valence-electron chi connectivity index (χ0n) is 16.2. The summed E-state index contributed by atoms with van der Waals surface area (Å²) in [6, 6.07) is 0. The van der Waals surface area contributed by atoms with Gasteiger partial charge in [0.2, 0.25) is 11.8 Å². The normalized spacial score (nSPS) is 25.5. The summed E-state index contributed by atoms with van der Waals surface area (Å²) in [6.45, 7) is 0.888. The van der Waals surface area contributed by atoms with E-state index in [1.807, 2.05) is 6.08 Å². The minimum absolute atomic E-state index is 0.167.